The van der Waals surface area contributed by atoms with E-state index in [0.717, 1.165) is 11.1 Å². The van der Waals surface area contributed by atoms with Crippen LogP contribution >= 0.6 is 0 Å². The number of piperidine rings is 1. The number of aryl methyl sites for hydroxylation is 2. The molecular weight excluding hydrogens is 449 g/mol. The lowest BCUT2D eigenvalue weighted by Gasteiger charge is -2.38. The van der Waals surface area contributed by atoms with Crippen LogP contribution in [-0.4, -0.2) is 55.0 Å². The fourth-order valence-electron chi connectivity index (χ4n) is 4.86. The monoisotopic (exact) mass is 481 g/mol. The first-order valence-corrected chi connectivity index (χ1v) is 12.3. The van der Waals surface area contributed by atoms with Crippen LogP contribution in [0.15, 0.2) is 35.9 Å². The maximum Gasteiger partial charge on any atom is 0.411 e. The molecule has 2 saturated heterocycles. The maximum absolute atomic E-state index is 15.7. The Morgan fingerprint density at radius 3 is 2.71 bits per heavy atom. The molecule has 1 N–H and O–H groups in total. The zero-order chi connectivity index (χ0) is 25.0. The zero-order valence-corrected chi connectivity index (χ0v) is 20.3. The highest BCUT2D eigenvalue weighted by molar-refractivity contribution is 5.98. The molecule has 186 valence electrons. The van der Waals surface area contributed by atoms with Crippen molar-refractivity contribution in [3.8, 4) is 6.07 Å². The van der Waals surface area contributed by atoms with Crippen molar-refractivity contribution in [2.24, 2.45) is 5.92 Å². The summed E-state index contributed by atoms with van der Waals surface area (Å²) in [4.78, 5) is 27.5. The molecule has 1 aromatic carbocycles. The fraction of sp³-hybridized carbons (Fsp3) is 0.519. The summed E-state index contributed by atoms with van der Waals surface area (Å²) < 4.78 is 26.3. The van der Waals surface area contributed by atoms with E-state index in [1.54, 1.807) is 23.1 Å². The van der Waals surface area contributed by atoms with E-state index in [4.69, 9.17) is 14.7 Å². The molecule has 2 atom stereocenters. The van der Waals surface area contributed by atoms with Gasteiger partial charge in [0.2, 0.25) is 0 Å². The van der Waals surface area contributed by atoms with Crippen molar-refractivity contribution in [2.45, 2.75) is 57.7 Å². The standard InChI is InChI=1S/C27H32FN3O4/c1-3-20-14-18(2)24(30-26(33)35-22-8-13-34-17-22)15-23(20)25(32)31-11-9-27(28,10-12-31)21-6-4-19(16-29)5-7-21/h4,6-7,14-15,19,22H,3,5,8-13,17H2,1-2H3,(H,30,33)/t19?,22-/m0/s1. The third-order valence-electron chi connectivity index (χ3n) is 7.09. The lowest BCUT2D eigenvalue weighted by atomic mass is 9.81. The third kappa shape index (κ3) is 5.57. The SMILES string of the molecule is CCc1cc(C)c(NC(=O)O[C@H]2CCOC2)cc1C(=O)N1CCC(F)(C2=CCC(C#N)C=C2)CC1. The van der Waals surface area contributed by atoms with Gasteiger partial charge in [0.15, 0.2) is 0 Å². The number of anilines is 1. The van der Waals surface area contributed by atoms with E-state index in [1.165, 1.54) is 0 Å². The second kappa shape index (κ2) is 10.6. The van der Waals surface area contributed by atoms with Crippen LogP contribution in [0.25, 0.3) is 0 Å². The summed E-state index contributed by atoms with van der Waals surface area (Å²) in [6.45, 7) is 5.41. The van der Waals surface area contributed by atoms with Crippen LogP contribution in [0, 0.1) is 24.2 Å². The summed E-state index contributed by atoms with van der Waals surface area (Å²) in [7, 11) is 0. The number of nitrogens with zero attached hydrogens (tertiary/aromatic N) is 2. The number of likely N-dealkylation sites (tertiary alicyclic amines) is 1. The molecule has 0 spiro atoms. The predicted molar refractivity (Wildman–Crippen MR) is 130 cm³/mol. The first kappa shape index (κ1) is 24.9. The van der Waals surface area contributed by atoms with E-state index in [-0.39, 0.29) is 30.8 Å². The van der Waals surface area contributed by atoms with Gasteiger partial charge < -0.3 is 14.4 Å². The average Bonchev–Trinajstić information content (AvgIpc) is 3.38. The van der Waals surface area contributed by atoms with Crippen LogP contribution in [-0.2, 0) is 15.9 Å². The van der Waals surface area contributed by atoms with Crippen molar-refractivity contribution in [2.75, 3.05) is 31.6 Å². The number of benzene rings is 1. The molecule has 35 heavy (non-hydrogen) atoms. The maximum atomic E-state index is 15.7. The largest absolute Gasteiger partial charge is 0.443 e. The molecule has 2 aliphatic heterocycles. The van der Waals surface area contributed by atoms with Gasteiger partial charge >= 0.3 is 6.09 Å². The molecule has 3 aliphatic rings. The topological polar surface area (TPSA) is 91.7 Å². The normalized spacial score (nSPS) is 23.4. The van der Waals surface area contributed by atoms with Gasteiger partial charge in [0.05, 0.1) is 25.2 Å². The van der Waals surface area contributed by atoms with E-state index >= 15 is 4.39 Å². The molecule has 0 bridgehead atoms. The van der Waals surface area contributed by atoms with Crippen LogP contribution in [0.2, 0.25) is 0 Å². The Hall–Kier alpha value is -3.18. The lowest BCUT2D eigenvalue weighted by Crippen LogP contribution is -2.45. The lowest BCUT2D eigenvalue weighted by molar-refractivity contribution is 0.0554. The predicted octanol–water partition coefficient (Wildman–Crippen LogP) is 4.87. The number of nitriles is 1. The average molecular weight is 482 g/mol. The van der Waals surface area contributed by atoms with Gasteiger partial charge in [-0.05, 0) is 42.5 Å². The molecule has 7 nitrogen and oxygen atoms in total. The van der Waals surface area contributed by atoms with E-state index in [1.807, 2.05) is 26.0 Å². The summed E-state index contributed by atoms with van der Waals surface area (Å²) in [5, 5.41) is 11.8. The minimum absolute atomic E-state index is 0.165. The Morgan fingerprint density at radius 1 is 1.34 bits per heavy atom. The highest BCUT2D eigenvalue weighted by Gasteiger charge is 2.39. The van der Waals surface area contributed by atoms with Crippen LogP contribution in [0.1, 0.15) is 54.1 Å². The van der Waals surface area contributed by atoms with Crippen molar-refractivity contribution in [3.63, 3.8) is 0 Å². The van der Waals surface area contributed by atoms with Gasteiger partial charge in [0.25, 0.3) is 5.91 Å². The number of alkyl halides is 1. The Labute approximate surface area is 205 Å². The minimum atomic E-state index is -1.49. The molecule has 2 heterocycles. The molecule has 1 aromatic rings. The second-order valence-electron chi connectivity index (χ2n) is 9.44. The molecule has 8 heteroatoms. The van der Waals surface area contributed by atoms with Crippen LogP contribution in [0.5, 0.6) is 0 Å². The highest BCUT2D eigenvalue weighted by Crippen LogP contribution is 2.37. The Kier molecular flexibility index (Phi) is 7.56. The summed E-state index contributed by atoms with van der Waals surface area (Å²) in [5.74, 6) is -0.369. The van der Waals surface area contributed by atoms with Gasteiger partial charge in [0, 0.05) is 43.6 Å². The number of allylic oxidation sites excluding steroid dienone is 4. The molecule has 0 aromatic heterocycles. The molecule has 1 unspecified atom stereocenters. The van der Waals surface area contributed by atoms with Crippen LogP contribution in [0.3, 0.4) is 0 Å². The second-order valence-corrected chi connectivity index (χ2v) is 9.44. The highest BCUT2D eigenvalue weighted by atomic mass is 19.1. The van der Waals surface area contributed by atoms with E-state index < -0.39 is 11.8 Å². The van der Waals surface area contributed by atoms with Gasteiger partial charge in [0.1, 0.15) is 11.8 Å². The Balaban J connectivity index is 1.44. The Morgan fingerprint density at radius 2 is 2.11 bits per heavy atom. The smallest absolute Gasteiger partial charge is 0.411 e. The number of carbonyl (C=O) groups is 2. The van der Waals surface area contributed by atoms with Crippen molar-refractivity contribution in [3.05, 3.63) is 52.6 Å². The number of nitrogens with one attached hydrogen (secondary N) is 1. The molecular formula is C27H32FN3O4. The van der Waals surface area contributed by atoms with E-state index in [0.29, 0.717) is 62.4 Å². The third-order valence-corrected chi connectivity index (χ3v) is 7.09. The molecule has 2 amide bonds. The fourth-order valence-corrected chi connectivity index (χ4v) is 4.86. The summed E-state index contributed by atoms with van der Waals surface area (Å²) in [5.41, 5.74) is 1.88. The van der Waals surface area contributed by atoms with Crippen LogP contribution < -0.4 is 5.32 Å². The number of amides is 2. The van der Waals surface area contributed by atoms with Gasteiger partial charge in [-0.3, -0.25) is 10.1 Å². The summed E-state index contributed by atoms with van der Waals surface area (Å²) in [6.07, 6.45) is 6.72. The molecule has 0 saturated carbocycles. The van der Waals surface area contributed by atoms with Crippen LogP contribution in [0.4, 0.5) is 14.9 Å². The Bertz CT molecular complexity index is 1080. The first-order chi connectivity index (χ1) is 16.8. The number of carbonyl (C=O) groups excluding carboxylic acids is 2. The van der Waals surface area contributed by atoms with E-state index in [9.17, 15) is 9.59 Å². The van der Waals surface area contributed by atoms with Gasteiger partial charge in [-0.2, -0.15) is 5.26 Å². The van der Waals surface area contributed by atoms with Gasteiger partial charge in [-0.1, -0.05) is 31.2 Å². The van der Waals surface area contributed by atoms with Gasteiger partial charge in [-0.15, -0.1) is 0 Å². The van der Waals surface area contributed by atoms with Crippen molar-refractivity contribution in [1.82, 2.24) is 4.90 Å². The molecule has 1 aliphatic carbocycles. The zero-order valence-electron chi connectivity index (χ0n) is 20.3. The molecule has 0 radical (unpaired) electrons. The number of hydrogen-bond acceptors (Lipinski definition) is 5. The number of halogens is 1. The number of hydrogen-bond donors (Lipinski definition) is 1. The van der Waals surface area contributed by atoms with Crippen molar-refractivity contribution in [1.29, 1.82) is 5.26 Å². The molecule has 2 fully saturated rings. The molecule has 4 rings (SSSR count). The summed E-state index contributed by atoms with van der Waals surface area (Å²) in [6, 6.07) is 5.80. The quantitative estimate of drug-likeness (QED) is 0.648. The van der Waals surface area contributed by atoms with E-state index in [2.05, 4.69) is 11.4 Å². The minimum Gasteiger partial charge on any atom is -0.443 e. The first-order valence-electron chi connectivity index (χ1n) is 12.3. The van der Waals surface area contributed by atoms with Gasteiger partial charge in [-0.25, -0.2) is 9.18 Å². The number of ether oxygens (including phenoxy) is 2. The number of rotatable bonds is 5. The summed E-state index contributed by atoms with van der Waals surface area (Å²) >= 11 is 0. The van der Waals surface area contributed by atoms with Crippen molar-refractivity contribution >= 4 is 17.7 Å². The van der Waals surface area contributed by atoms with Crippen molar-refractivity contribution < 1.29 is 23.5 Å².